The lowest BCUT2D eigenvalue weighted by molar-refractivity contribution is -0.120. The molecule has 0 saturated carbocycles. The number of thioether (sulfide) groups is 1. The van der Waals surface area contributed by atoms with E-state index in [4.69, 9.17) is 9.97 Å². The lowest BCUT2D eigenvalue weighted by atomic mass is 10.2. The van der Waals surface area contributed by atoms with Gasteiger partial charge in [0.2, 0.25) is 5.91 Å². The quantitative estimate of drug-likeness (QED) is 0.332. The number of amides is 1. The molecule has 0 aliphatic rings. The second-order valence-corrected chi connectivity index (χ2v) is 8.44. The highest BCUT2D eigenvalue weighted by Crippen LogP contribution is 2.30. The maximum Gasteiger partial charge on any atom is 0.233 e. The van der Waals surface area contributed by atoms with Gasteiger partial charge in [0.1, 0.15) is 5.65 Å². The van der Waals surface area contributed by atoms with Gasteiger partial charge in [0.15, 0.2) is 5.16 Å². The number of aromatic nitrogens is 3. The Hall–Kier alpha value is -3.38. The number of rotatable bonds is 5. The molecule has 0 unspecified atom stereocenters. The van der Waals surface area contributed by atoms with Crippen LogP contribution in [0.5, 0.6) is 0 Å². The number of nitrogens with zero attached hydrogens (tertiary/aromatic N) is 3. The number of nitrogens with one attached hydrogen (secondary N) is 1. The fourth-order valence-electron chi connectivity index (χ4n) is 3.53. The molecule has 0 aliphatic heterocycles. The molecule has 1 N–H and O–H groups in total. The van der Waals surface area contributed by atoms with Crippen LogP contribution in [0.4, 0.5) is 0 Å². The molecular formula is C24H20N4OS. The third-order valence-electron chi connectivity index (χ3n) is 5.07. The minimum absolute atomic E-state index is 0.0172. The molecule has 0 spiro atoms. The molecule has 3 aromatic carbocycles. The molecule has 2 heterocycles. The maximum atomic E-state index is 12.7. The van der Waals surface area contributed by atoms with Crippen LogP contribution in [0.1, 0.15) is 12.5 Å². The molecule has 148 valence electrons. The average Bonchev–Trinajstić information content (AvgIpc) is 3.18. The van der Waals surface area contributed by atoms with Crippen molar-refractivity contribution in [2.24, 2.45) is 0 Å². The largest absolute Gasteiger partial charge is 0.351 e. The summed E-state index contributed by atoms with van der Waals surface area (Å²) < 4.78 is 2.06. The van der Waals surface area contributed by atoms with E-state index in [1.165, 1.54) is 11.8 Å². The second kappa shape index (κ2) is 7.80. The molecule has 1 amide bonds. The van der Waals surface area contributed by atoms with E-state index in [0.717, 1.165) is 38.3 Å². The lowest BCUT2D eigenvalue weighted by Gasteiger charge is -2.14. The van der Waals surface area contributed by atoms with Gasteiger partial charge >= 0.3 is 0 Å². The highest BCUT2D eigenvalue weighted by Gasteiger charge is 2.20. The zero-order valence-electron chi connectivity index (χ0n) is 16.4. The van der Waals surface area contributed by atoms with Crippen molar-refractivity contribution < 1.29 is 4.79 Å². The number of benzene rings is 3. The van der Waals surface area contributed by atoms with Gasteiger partial charge in [-0.1, -0.05) is 66.4 Å². The molecule has 30 heavy (non-hydrogen) atoms. The summed E-state index contributed by atoms with van der Waals surface area (Å²) in [5, 5.41) is 4.49. The molecule has 5 rings (SSSR count). The predicted octanol–water partition coefficient (Wildman–Crippen LogP) is 4.83. The van der Waals surface area contributed by atoms with Crippen LogP contribution < -0.4 is 5.32 Å². The van der Waals surface area contributed by atoms with Gasteiger partial charge < -0.3 is 5.32 Å². The molecule has 2 aromatic heterocycles. The Morgan fingerprint density at radius 2 is 1.63 bits per heavy atom. The Bertz CT molecular complexity index is 1360. The summed E-state index contributed by atoms with van der Waals surface area (Å²) in [7, 11) is 0. The van der Waals surface area contributed by atoms with E-state index in [2.05, 4.69) is 9.72 Å². The van der Waals surface area contributed by atoms with Gasteiger partial charge in [0, 0.05) is 11.9 Å². The van der Waals surface area contributed by atoms with Gasteiger partial charge in [-0.2, -0.15) is 0 Å². The molecule has 0 fully saturated rings. The van der Waals surface area contributed by atoms with E-state index in [1.807, 2.05) is 85.8 Å². The van der Waals surface area contributed by atoms with Crippen LogP contribution in [0.25, 0.3) is 27.6 Å². The van der Waals surface area contributed by atoms with Crippen LogP contribution in [0.2, 0.25) is 0 Å². The maximum absolute atomic E-state index is 12.7. The van der Waals surface area contributed by atoms with E-state index in [9.17, 15) is 4.79 Å². The minimum atomic E-state index is -0.299. The third-order valence-corrected chi connectivity index (χ3v) is 6.13. The first-order valence-electron chi connectivity index (χ1n) is 9.85. The smallest absolute Gasteiger partial charge is 0.233 e. The lowest BCUT2D eigenvalue weighted by Crippen LogP contribution is -2.30. The number of carbonyl (C=O) groups excluding carboxylic acids is 1. The van der Waals surface area contributed by atoms with E-state index < -0.39 is 0 Å². The van der Waals surface area contributed by atoms with Crippen LogP contribution in [0.15, 0.2) is 84.0 Å². The second-order valence-electron chi connectivity index (χ2n) is 7.13. The molecular weight excluding hydrogens is 392 g/mol. The first-order valence-corrected chi connectivity index (χ1v) is 10.7. The molecule has 0 radical (unpaired) electrons. The third kappa shape index (κ3) is 3.39. The van der Waals surface area contributed by atoms with E-state index in [-0.39, 0.29) is 11.2 Å². The van der Waals surface area contributed by atoms with Crippen LogP contribution in [-0.2, 0) is 11.3 Å². The molecule has 0 saturated heterocycles. The topological polar surface area (TPSA) is 59.3 Å². The molecule has 0 bridgehead atoms. The highest BCUT2D eigenvalue weighted by molar-refractivity contribution is 8.00. The Morgan fingerprint density at radius 1 is 0.933 bits per heavy atom. The molecule has 6 heteroatoms. The minimum Gasteiger partial charge on any atom is -0.351 e. The number of hydrogen-bond donors (Lipinski definition) is 1. The van der Waals surface area contributed by atoms with E-state index in [0.29, 0.717) is 6.54 Å². The van der Waals surface area contributed by atoms with Gasteiger partial charge in [0.25, 0.3) is 0 Å². The molecule has 5 aromatic rings. The molecule has 1 atom stereocenters. The van der Waals surface area contributed by atoms with Gasteiger partial charge in [-0.25, -0.2) is 9.97 Å². The van der Waals surface area contributed by atoms with Crippen molar-refractivity contribution in [1.82, 2.24) is 19.7 Å². The number of imidazole rings is 1. The predicted molar refractivity (Wildman–Crippen MR) is 122 cm³/mol. The van der Waals surface area contributed by atoms with Gasteiger partial charge in [0.05, 0.1) is 21.8 Å². The Labute approximate surface area is 178 Å². The number of hydrogen-bond acceptors (Lipinski definition) is 4. The van der Waals surface area contributed by atoms with E-state index in [1.54, 1.807) is 0 Å². The first-order chi connectivity index (χ1) is 14.7. The van der Waals surface area contributed by atoms with Crippen molar-refractivity contribution >= 4 is 45.3 Å². The van der Waals surface area contributed by atoms with Crippen LogP contribution >= 0.6 is 11.8 Å². The Morgan fingerprint density at radius 3 is 2.47 bits per heavy atom. The van der Waals surface area contributed by atoms with Crippen molar-refractivity contribution in [2.45, 2.75) is 23.9 Å². The van der Waals surface area contributed by atoms with Crippen molar-refractivity contribution in [3.8, 4) is 0 Å². The summed E-state index contributed by atoms with van der Waals surface area (Å²) in [4.78, 5) is 22.5. The standard InChI is InChI=1S/C24H20N4OS/c1-16(23(29)25-15-17-9-3-2-4-10-17)30-24-27-19-12-6-5-11-18(19)22-26-20-13-7-8-14-21(20)28(22)24/h2-14,16H,15H2,1H3,(H,25,29)/t16-/m0/s1. The molecule has 0 aliphatic carbocycles. The van der Waals surface area contributed by atoms with Crippen molar-refractivity contribution in [3.05, 3.63) is 84.4 Å². The highest BCUT2D eigenvalue weighted by atomic mass is 32.2. The fraction of sp³-hybridized carbons (Fsp3) is 0.125. The monoisotopic (exact) mass is 412 g/mol. The first kappa shape index (κ1) is 18.6. The zero-order valence-corrected chi connectivity index (χ0v) is 17.3. The number of carbonyl (C=O) groups is 1. The van der Waals surface area contributed by atoms with Gasteiger partial charge in [-0.15, -0.1) is 0 Å². The summed E-state index contributed by atoms with van der Waals surface area (Å²) in [5.41, 5.74) is 4.72. The summed E-state index contributed by atoms with van der Waals surface area (Å²) in [6.45, 7) is 2.42. The SMILES string of the molecule is C[C@H](Sc1nc2ccccc2c2nc3ccccc3n12)C(=O)NCc1ccccc1. The number of para-hydroxylation sites is 3. The van der Waals surface area contributed by atoms with Gasteiger partial charge in [-0.05, 0) is 36.8 Å². The number of fused-ring (bicyclic) bond motifs is 5. The van der Waals surface area contributed by atoms with Crippen LogP contribution in [0, 0.1) is 0 Å². The normalized spacial score (nSPS) is 12.4. The fourth-order valence-corrected chi connectivity index (χ4v) is 4.48. The van der Waals surface area contributed by atoms with Crippen molar-refractivity contribution in [1.29, 1.82) is 0 Å². The van der Waals surface area contributed by atoms with E-state index >= 15 is 0 Å². The van der Waals surface area contributed by atoms with Crippen LogP contribution in [0.3, 0.4) is 0 Å². The van der Waals surface area contributed by atoms with Crippen molar-refractivity contribution in [2.75, 3.05) is 0 Å². The summed E-state index contributed by atoms with van der Waals surface area (Å²) in [6, 6.07) is 25.9. The average molecular weight is 413 g/mol. The Balaban J connectivity index is 1.50. The summed E-state index contributed by atoms with van der Waals surface area (Å²) in [5.74, 6) is -0.0172. The molecule has 5 nitrogen and oxygen atoms in total. The van der Waals surface area contributed by atoms with Crippen LogP contribution in [-0.4, -0.2) is 25.5 Å². The van der Waals surface area contributed by atoms with Crippen molar-refractivity contribution in [3.63, 3.8) is 0 Å². The van der Waals surface area contributed by atoms with Gasteiger partial charge in [-0.3, -0.25) is 9.20 Å². The summed E-state index contributed by atoms with van der Waals surface area (Å²) >= 11 is 1.45. The zero-order chi connectivity index (χ0) is 20.5. The summed E-state index contributed by atoms with van der Waals surface area (Å²) in [6.07, 6.45) is 0. The Kier molecular flexibility index (Phi) is 4.85.